The molecule has 5 heteroatoms. The van der Waals surface area contributed by atoms with Crippen LogP contribution in [0.5, 0.6) is 0 Å². The molecule has 0 radical (unpaired) electrons. The Morgan fingerprint density at radius 2 is 0.538 bits per heavy atom. The maximum Gasteiger partial charge on any atom is 1.00 e. The van der Waals surface area contributed by atoms with E-state index < -0.39 is 0 Å². The molecule has 0 aliphatic carbocycles. The van der Waals surface area contributed by atoms with Gasteiger partial charge < -0.3 is 20.4 Å². The third-order valence-electron chi connectivity index (χ3n) is 0. The minimum atomic E-state index is 0. The van der Waals surface area contributed by atoms with Crippen LogP contribution >= 0.6 is 0 Å². The van der Waals surface area contributed by atoms with Crippen molar-refractivity contribution in [1.29, 1.82) is 0 Å². The molecule has 0 N–H and O–H groups in total. The molecule has 13 heavy (non-hydrogen) atoms. The van der Waals surface area contributed by atoms with E-state index in [4.69, 9.17) is 20.4 Å². The monoisotopic (exact) mass is 203 g/mol. The SMILES string of the molecule is CC[O-].CC[O-].CC[O-].CC[O-].[Na+]. The maximum atomic E-state index is 8.93. The van der Waals surface area contributed by atoms with Gasteiger partial charge in [0.2, 0.25) is 0 Å². The van der Waals surface area contributed by atoms with Crippen LogP contribution in [0.25, 0.3) is 0 Å². The summed E-state index contributed by atoms with van der Waals surface area (Å²) in [6.07, 6.45) is 0. The van der Waals surface area contributed by atoms with Gasteiger partial charge in [-0.2, -0.15) is 0 Å². The van der Waals surface area contributed by atoms with Gasteiger partial charge in [0.05, 0.1) is 0 Å². The van der Waals surface area contributed by atoms with Gasteiger partial charge in [-0.1, -0.05) is 27.7 Å². The van der Waals surface area contributed by atoms with Crippen LogP contribution in [0.4, 0.5) is 0 Å². The first-order valence-corrected chi connectivity index (χ1v) is 3.98. The fourth-order valence-corrected chi connectivity index (χ4v) is 0. The van der Waals surface area contributed by atoms with Crippen molar-refractivity contribution in [2.45, 2.75) is 27.7 Å². The Labute approximate surface area is 104 Å². The number of rotatable bonds is 0. The zero-order valence-corrected chi connectivity index (χ0v) is 11.5. The Bertz CT molecular complexity index is 24.1. The van der Waals surface area contributed by atoms with Gasteiger partial charge in [-0.25, -0.2) is 0 Å². The van der Waals surface area contributed by atoms with E-state index in [9.17, 15) is 0 Å². The summed E-state index contributed by atoms with van der Waals surface area (Å²) in [5, 5.41) is 35.7. The van der Waals surface area contributed by atoms with Crippen molar-refractivity contribution in [1.82, 2.24) is 0 Å². The van der Waals surface area contributed by atoms with Crippen LogP contribution in [-0.4, -0.2) is 26.4 Å². The number of hydrogen-bond donors (Lipinski definition) is 0. The van der Waals surface area contributed by atoms with Crippen molar-refractivity contribution < 1.29 is 50.0 Å². The second kappa shape index (κ2) is 76.8. The van der Waals surface area contributed by atoms with Gasteiger partial charge in [0.25, 0.3) is 0 Å². The van der Waals surface area contributed by atoms with Crippen LogP contribution in [0, 0.1) is 0 Å². The maximum absolute atomic E-state index is 8.93. The summed E-state index contributed by atoms with van der Waals surface area (Å²) in [5.41, 5.74) is 0. The molecule has 0 unspecified atom stereocenters. The molecule has 0 saturated heterocycles. The Hall–Kier alpha value is 0.840. The van der Waals surface area contributed by atoms with Gasteiger partial charge in [0.15, 0.2) is 0 Å². The molecule has 0 aliphatic heterocycles. The molecule has 0 atom stereocenters. The van der Waals surface area contributed by atoms with Crippen molar-refractivity contribution in [3.8, 4) is 0 Å². The van der Waals surface area contributed by atoms with E-state index in [-0.39, 0.29) is 56.0 Å². The average molecular weight is 203 g/mol. The van der Waals surface area contributed by atoms with Gasteiger partial charge in [0.1, 0.15) is 0 Å². The summed E-state index contributed by atoms with van der Waals surface area (Å²) >= 11 is 0. The third kappa shape index (κ3) is 2140. The first kappa shape index (κ1) is 29.2. The Morgan fingerprint density at radius 1 is 0.538 bits per heavy atom. The van der Waals surface area contributed by atoms with Crippen LogP contribution in [-0.2, 0) is 0 Å². The van der Waals surface area contributed by atoms with E-state index in [1.54, 1.807) is 27.7 Å². The molecule has 0 aliphatic rings. The van der Waals surface area contributed by atoms with Gasteiger partial charge in [-0.3, -0.25) is 0 Å². The van der Waals surface area contributed by atoms with Crippen LogP contribution in [0.15, 0.2) is 0 Å². The summed E-state index contributed by atoms with van der Waals surface area (Å²) < 4.78 is 0. The molecule has 0 rings (SSSR count). The smallest absolute Gasteiger partial charge is 0.855 e. The molecule has 0 aromatic rings. The first-order valence-electron chi connectivity index (χ1n) is 3.98. The van der Waals surface area contributed by atoms with Crippen molar-refractivity contribution in [2.24, 2.45) is 0 Å². The zero-order valence-electron chi connectivity index (χ0n) is 9.46. The van der Waals surface area contributed by atoms with Crippen molar-refractivity contribution in [3.63, 3.8) is 0 Å². The van der Waals surface area contributed by atoms with E-state index in [2.05, 4.69) is 0 Å². The predicted octanol–water partition coefficient (Wildman–Crippen LogP) is -5.53. The molecule has 0 fully saturated rings. The van der Waals surface area contributed by atoms with Gasteiger partial charge in [-0.15, -0.1) is 26.4 Å². The van der Waals surface area contributed by atoms with Crippen molar-refractivity contribution in [2.75, 3.05) is 26.4 Å². The Morgan fingerprint density at radius 3 is 0.538 bits per heavy atom. The van der Waals surface area contributed by atoms with E-state index in [0.717, 1.165) is 0 Å². The van der Waals surface area contributed by atoms with Crippen LogP contribution in [0.2, 0.25) is 0 Å². The van der Waals surface area contributed by atoms with Crippen LogP contribution in [0.1, 0.15) is 27.7 Å². The van der Waals surface area contributed by atoms with Crippen molar-refractivity contribution >= 4 is 0 Å². The predicted molar refractivity (Wildman–Crippen MR) is 42.2 cm³/mol. The molecule has 0 spiro atoms. The molecular formula is C8H20NaO4-3. The van der Waals surface area contributed by atoms with E-state index >= 15 is 0 Å². The molecular weight excluding hydrogens is 183 g/mol. The second-order valence-electron chi connectivity index (χ2n) is 1.15. The Balaban J connectivity index is -0.0000000213. The van der Waals surface area contributed by atoms with Gasteiger partial charge >= 0.3 is 29.6 Å². The first-order chi connectivity index (χ1) is 5.66. The topological polar surface area (TPSA) is 92.2 Å². The summed E-state index contributed by atoms with van der Waals surface area (Å²) in [4.78, 5) is 0. The molecule has 4 nitrogen and oxygen atoms in total. The molecule has 0 amide bonds. The molecule has 80 valence electrons. The molecule has 0 saturated carbocycles. The van der Waals surface area contributed by atoms with E-state index in [1.807, 2.05) is 0 Å². The standard InChI is InChI=1S/4C2H5O.Na/c4*1-2-3;/h4*2H2,1H3;/q4*-1;+1. The fourth-order valence-electron chi connectivity index (χ4n) is 0. The zero-order chi connectivity index (χ0) is 10.8. The second-order valence-corrected chi connectivity index (χ2v) is 1.15. The summed E-state index contributed by atoms with van der Waals surface area (Å²) in [6.45, 7) is 6.28. The van der Waals surface area contributed by atoms with Gasteiger partial charge in [-0.05, 0) is 0 Å². The number of hydrogen-bond acceptors (Lipinski definition) is 4. The van der Waals surface area contributed by atoms with Gasteiger partial charge in [0, 0.05) is 0 Å². The summed E-state index contributed by atoms with van der Waals surface area (Å²) in [5.74, 6) is 0. The average Bonchev–Trinajstić information content (AvgIpc) is 1.92. The van der Waals surface area contributed by atoms with Crippen molar-refractivity contribution in [3.05, 3.63) is 0 Å². The van der Waals surface area contributed by atoms with Crippen LogP contribution in [0.3, 0.4) is 0 Å². The molecule has 0 bridgehead atoms. The van der Waals surface area contributed by atoms with E-state index in [0.29, 0.717) is 0 Å². The molecule has 0 heterocycles. The van der Waals surface area contributed by atoms with Crippen LogP contribution < -0.4 is 50.0 Å². The largest absolute Gasteiger partial charge is 1.00 e. The quantitative estimate of drug-likeness (QED) is 0.367. The third-order valence-corrected chi connectivity index (χ3v) is 0. The fraction of sp³-hybridized carbons (Fsp3) is 1.00. The minimum absolute atomic E-state index is 0. The molecule has 0 aromatic heterocycles. The minimum Gasteiger partial charge on any atom is -0.855 e. The summed E-state index contributed by atoms with van der Waals surface area (Å²) in [7, 11) is 0. The molecule has 0 aromatic carbocycles. The van der Waals surface area contributed by atoms with E-state index in [1.165, 1.54) is 0 Å². The Kier molecular flexibility index (Phi) is 173. The normalized spacial score (nSPS) is 5.54. The summed E-state index contributed by atoms with van der Waals surface area (Å²) in [6, 6.07) is 0.